The maximum Gasteiger partial charge on any atom is 0.217 e. The fourth-order valence-corrected chi connectivity index (χ4v) is 4.55. The van der Waals surface area contributed by atoms with E-state index >= 15 is 0 Å². The van der Waals surface area contributed by atoms with E-state index in [0.717, 1.165) is 27.8 Å². The Hall–Kier alpha value is -4.07. The molecular formula is C27H29N3O5. The first-order valence-corrected chi connectivity index (χ1v) is 11.4. The van der Waals surface area contributed by atoms with Crippen LogP contribution in [-0.2, 0) is 17.8 Å². The second kappa shape index (κ2) is 10.5. The van der Waals surface area contributed by atoms with E-state index in [9.17, 15) is 9.59 Å². The smallest absolute Gasteiger partial charge is 0.217 e. The van der Waals surface area contributed by atoms with Gasteiger partial charge in [0.2, 0.25) is 17.1 Å². The summed E-state index contributed by atoms with van der Waals surface area (Å²) in [5.41, 5.74) is 4.63. The van der Waals surface area contributed by atoms with Crippen LogP contribution in [0.1, 0.15) is 36.1 Å². The molecule has 0 unspecified atom stereocenters. The van der Waals surface area contributed by atoms with Crippen LogP contribution >= 0.6 is 0 Å². The van der Waals surface area contributed by atoms with Crippen molar-refractivity contribution in [1.29, 1.82) is 0 Å². The molecule has 0 fully saturated rings. The van der Waals surface area contributed by atoms with Gasteiger partial charge in [0.05, 0.1) is 33.1 Å². The number of fused-ring (bicyclic) bond motifs is 3. The summed E-state index contributed by atoms with van der Waals surface area (Å²) < 4.78 is 17.0. The Labute approximate surface area is 204 Å². The van der Waals surface area contributed by atoms with E-state index in [4.69, 9.17) is 14.2 Å². The quantitative estimate of drug-likeness (QED) is 0.535. The first-order valence-electron chi connectivity index (χ1n) is 11.4. The Balaban J connectivity index is 1.91. The molecule has 0 bridgehead atoms. The third-order valence-corrected chi connectivity index (χ3v) is 6.15. The third kappa shape index (κ3) is 4.91. The number of rotatable bonds is 7. The molecule has 35 heavy (non-hydrogen) atoms. The Morgan fingerprint density at radius 1 is 1.03 bits per heavy atom. The molecule has 8 heteroatoms. The lowest BCUT2D eigenvalue weighted by Gasteiger charge is -2.19. The number of aromatic nitrogens is 1. The van der Waals surface area contributed by atoms with Crippen LogP contribution in [0.2, 0.25) is 0 Å². The number of amides is 1. The molecule has 4 rings (SSSR count). The molecule has 1 aliphatic carbocycles. The molecule has 1 aliphatic rings. The Morgan fingerprint density at radius 2 is 1.77 bits per heavy atom. The molecule has 1 atom stereocenters. The van der Waals surface area contributed by atoms with Gasteiger partial charge in [-0.3, -0.25) is 14.6 Å². The summed E-state index contributed by atoms with van der Waals surface area (Å²) in [5, 5.41) is 6.25. The van der Waals surface area contributed by atoms with Gasteiger partial charge in [-0.15, -0.1) is 0 Å². The molecule has 2 N–H and O–H groups in total. The van der Waals surface area contributed by atoms with Crippen LogP contribution in [0.25, 0.3) is 11.1 Å². The number of methoxy groups -OCH3 is 3. The van der Waals surface area contributed by atoms with Crippen molar-refractivity contribution < 1.29 is 19.0 Å². The number of carbonyl (C=O) groups excluding carboxylic acids is 1. The summed E-state index contributed by atoms with van der Waals surface area (Å²) in [4.78, 5) is 29.4. The molecule has 1 amide bonds. The van der Waals surface area contributed by atoms with Gasteiger partial charge in [0, 0.05) is 31.4 Å². The van der Waals surface area contributed by atoms with Crippen molar-refractivity contribution in [3.05, 3.63) is 75.7 Å². The van der Waals surface area contributed by atoms with E-state index < -0.39 is 0 Å². The lowest BCUT2D eigenvalue weighted by atomic mass is 9.95. The molecule has 1 heterocycles. The van der Waals surface area contributed by atoms with E-state index in [2.05, 4.69) is 15.6 Å². The number of hydrogen-bond donors (Lipinski definition) is 2. The van der Waals surface area contributed by atoms with Crippen molar-refractivity contribution in [2.24, 2.45) is 0 Å². The summed E-state index contributed by atoms with van der Waals surface area (Å²) >= 11 is 0. The highest BCUT2D eigenvalue weighted by Crippen LogP contribution is 2.50. The van der Waals surface area contributed by atoms with Crippen LogP contribution in [0.15, 0.2) is 53.6 Å². The fourth-order valence-electron chi connectivity index (χ4n) is 4.55. The normalized spacial score (nSPS) is 14.1. The second-order valence-electron chi connectivity index (χ2n) is 8.30. The summed E-state index contributed by atoms with van der Waals surface area (Å²) in [5.74, 6) is 1.40. The minimum atomic E-state index is -0.343. The van der Waals surface area contributed by atoms with Crippen molar-refractivity contribution in [3.8, 4) is 28.4 Å². The summed E-state index contributed by atoms with van der Waals surface area (Å²) in [6.45, 7) is 1.96. The zero-order chi connectivity index (χ0) is 24.9. The predicted molar refractivity (Wildman–Crippen MR) is 134 cm³/mol. The van der Waals surface area contributed by atoms with Gasteiger partial charge in [-0.2, -0.15) is 0 Å². The monoisotopic (exact) mass is 475 g/mol. The first-order chi connectivity index (χ1) is 17.0. The predicted octanol–water partition coefficient (Wildman–Crippen LogP) is 3.87. The van der Waals surface area contributed by atoms with Crippen molar-refractivity contribution >= 4 is 11.6 Å². The standard InChI is InChI=1S/C27H29N3O5/c1-16(31)30-21-7-5-18-13-24(33-2)26(34-3)27(35-4)25(18)19-6-8-22(23(32)14-20(19)21)29-15-17-9-11-28-12-10-17/h6,8-14,21H,5,7,15H2,1-4H3,(H,29,32)(H,30,31)/t21-/m0/s1. The number of benzene rings is 1. The number of nitrogens with zero attached hydrogens (tertiary/aromatic N) is 1. The number of hydrogen-bond acceptors (Lipinski definition) is 7. The highest BCUT2D eigenvalue weighted by molar-refractivity contribution is 5.83. The van der Waals surface area contributed by atoms with E-state index in [0.29, 0.717) is 42.3 Å². The van der Waals surface area contributed by atoms with Gasteiger partial charge in [0.1, 0.15) is 0 Å². The topological polar surface area (TPSA) is 98.8 Å². The Kier molecular flexibility index (Phi) is 7.19. The van der Waals surface area contributed by atoms with E-state index in [1.54, 1.807) is 45.9 Å². The lowest BCUT2D eigenvalue weighted by Crippen LogP contribution is -2.26. The maximum atomic E-state index is 13.3. The first kappa shape index (κ1) is 24.1. The van der Waals surface area contributed by atoms with E-state index in [1.165, 1.54) is 6.92 Å². The van der Waals surface area contributed by atoms with E-state index in [-0.39, 0.29) is 17.4 Å². The van der Waals surface area contributed by atoms with Crippen LogP contribution in [0.3, 0.4) is 0 Å². The number of ether oxygens (including phenoxy) is 3. The number of anilines is 1. The molecule has 0 saturated heterocycles. The minimum absolute atomic E-state index is 0.163. The van der Waals surface area contributed by atoms with Crippen LogP contribution in [-0.4, -0.2) is 32.2 Å². The molecule has 0 aliphatic heterocycles. The van der Waals surface area contributed by atoms with Gasteiger partial charge in [0.15, 0.2) is 11.5 Å². The summed E-state index contributed by atoms with van der Waals surface area (Å²) in [6.07, 6.45) is 4.69. The molecule has 2 aromatic carbocycles. The summed E-state index contributed by atoms with van der Waals surface area (Å²) in [7, 11) is 4.72. The average Bonchev–Trinajstić information content (AvgIpc) is 3.10. The molecule has 8 nitrogen and oxygen atoms in total. The van der Waals surface area contributed by atoms with Gasteiger partial charge < -0.3 is 24.8 Å². The molecule has 0 radical (unpaired) electrons. The van der Waals surface area contributed by atoms with Crippen molar-refractivity contribution in [2.45, 2.75) is 32.4 Å². The van der Waals surface area contributed by atoms with Crippen LogP contribution in [0, 0.1) is 0 Å². The van der Waals surface area contributed by atoms with Gasteiger partial charge in [-0.1, -0.05) is 6.07 Å². The van der Waals surface area contributed by atoms with E-state index in [1.807, 2.05) is 24.3 Å². The molecule has 0 spiro atoms. The van der Waals surface area contributed by atoms with Crippen LogP contribution in [0.4, 0.5) is 5.69 Å². The number of carbonyl (C=O) groups is 1. The third-order valence-electron chi connectivity index (χ3n) is 6.15. The number of pyridine rings is 1. The Bertz CT molecular complexity index is 1290. The van der Waals surface area contributed by atoms with Gasteiger partial charge in [-0.25, -0.2) is 0 Å². The minimum Gasteiger partial charge on any atom is -0.493 e. The van der Waals surface area contributed by atoms with Crippen molar-refractivity contribution in [2.75, 3.05) is 26.6 Å². The molecule has 182 valence electrons. The van der Waals surface area contributed by atoms with Gasteiger partial charge in [-0.05, 0) is 65.4 Å². The van der Waals surface area contributed by atoms with Crippen molar-refractivity contribution in [3.63, 3.8) is 0 Å². The molecule has 1 aromatic heterocycles. The zero-order valence-corrected chi connectivity index (χ0v) is 20.3. The molecule has 0 saturated carbocycles. The SMILES string of the molecule is COc1cc2c(c(OC)c1OC)-c1ccc(NCc3ccncc3)c(=O)cc1[C@@H](NC(C)=O)CC2. The average molecular weight is 476 g/mol. The summed E-state index contributed by atoms with van der Waals surface area (Å²) in [6, 6.07) is 10.7. The fraction of sp³-hybridized carbons (Fsp3) is 0.296. The lowest BCUT2D eigenvalue weighted by molar-refractivity contribution is -0.119. The highest BCUT2D eigenvalue weighted by atomic mass is 16.5. The van der Waals surface area contributed by atoms with Crippen LogP contribution in [0.5, 0.6) is 17.2 Å². The highest BCUT2D eigenvalue weighted by Gasteiger charge is 2.29. The largest absolute Gasteiger partial charge is 0.493 e. The second-order valence-corrected chi connectivity index (χ2v) is 8.30. The zero-order valence-electron chi connectivity index (χ0n) is 20.3. The Morgan fingerprint density at radius 3 is 2.43 bits per heavy atom. The number of nitrogens with one attached hydrogen (secondary N) is 2. The van der Waals surface area contributed by atoms with Gasteiger partial charge >= 0.3 is 0 Å². The van der Waals surface area contributed by atoms with Crippen molar-refractivity contribution in [1.82, 2.24) is 10.3 Å². The molecular weight excluding hydrogens is 446 g/mol. The van der Waals surface area contributed by atoms with Crippen LogP contribution < -0.4 is 30.3 Å². The number of aryl methyl sites for hydroxylation is 1. The molecule has 3 aromatic rings. The maximum absolute atomic E-state index is 13.3. The van der Waals surface area contributed by atoms with Gasteiger partial charge in [0.25, 0.3) is 0 Å².